The summed E-state index contributed by atoms with van der Waals surface area (Å²) in [6.07, 6.45) is 4.65. The second kappa shape index (κ2) is 4.15. The third-order valence-electron chi connectivity index (χ3n) is 1.61. The largest absolute Gasteiger partial charge is 0.387 e. The molecule has 13 heavy (non-hydrogen) atoms. The molecule has 6 heteroatoms. The van der Waals surface area contributed by atoms with E-state index < -0.39 is 6.55 Å². The maximum atomic E-state index is 12.4. The lowest BCUT2D eigenvalue weighted by molar-refractivity contribution is -0.672. The Labute approximate surface area is 84.6 Å². The lowest BCUT2D eigenvalue weighted by atomic mass is 10.6. The van der Waals surface area contributed by atoms with E-state index in [0.29, 0.717) is 10.0 Å². The predicted molar refractivity (Wildman–Crippen MR) is 52.1 cm³/mol. The number of rotatable bonds is 2. The van der Waals surface area contributed by atoms with Crippen LogP contribution in [0.2, 0.25) is 0 Å². The number of thiocarbonyl (C=S) groups is 1. The Kier molecular flexibility index (Phi) is 3.38. The first-order valence-electron chi connectivity index (χ1n) is 3.51. The van der Waals surface area contributed by atoms with Gasteiger partial charge in [-0.2, -0.15) is 13.3 Å². The van der Waals surface area contributed by atoms with Gasteiger partial charge < -0.3 is 0 Å². The van der Waals surface area contributed by atoms with Crippen LogP contribution in [0.25, 0.3) is 0 Å². The van der Waals surface area contributed by atoms with Crippen LogP contribution in [0.15, 0.2) is 12.4 Å². The minimum absolute atomic E-state index is 0.373. The van der Waals surface area contributed by atoms with Crippen LogP contribution >= 0.6 is 24.0 Å². The fourth-order valence-electron chi connectivity index (χ4n) is 0.993. The number of aryl methyl sites for hydroxylation is 1. The zero-order valence-electron chi connectivity index (χ0n) is 7.20. The molecule has 0 aromatic carbocycles. The van der Waals surface area contributed by atoms with E-state index in [1.165, 1.54) is 18.0 Å². The Balaban J connectivity index is 3.16. The molecule has 1 aromatic rings. The molecule has 0 unspecified atom stereocenters. The molecule has 0 fully saturated rings. The van der Waals surface area contributed by atoms with Crippen molar-refractivity contribution in [3.8, 4) is 0 Å². The van der Waals surface area contributed by atoms with Crippen molar-refractivity contribution in [3.63, 3.8) is 0 Å². The van der Waals surface area contributed by atoms with Crippen LogP contribution in [0, 0.1) is 0 Å². The van der Waals surface area contributed by atoms with Crippen molar-refractivity contribution in [3.05, 3.63) is 18.2 Å². The van der Waals surface area contributed by atoms with Gasteiger partial charge in [-0.05, 0) is 6.26 Å². The molecule has 0 aliphatic rings. The molecule has 0 aliphatic carbocycles. The van der Waals surface area contributed by atoms with Gasteiger partial charge in [0, 0.05) is 0 Å². The average molecular weight is 223 g/mol. The van der Waals surface area contributed by atoms with Gasteiger partial charge in [0.25, 0.3) is 0 Å². The Morgan fingerprint density at radius 1 is 1.69 bits per heavy atom. The number of halogens is 2. The molecule has 0 saturated heterocycles. The number of imidazole rings is 1. The smallest absolute Gasteiger partial charge is 0.231 e. The Bertz CT molecular complexity index is 322. The highest BCUT2D eigenvalue weighted by Crippen LogP contribution is 2.15. The fourth-order valence-corrected chi connectivity index (χ4v) is 1.67. The first kappa shape index (κ1) is 10.6. The number of nitrogens with zero attached hydrogens (tertiary/aromatic N) is 2. The summed E-state index contributed by atoms with van der Waals surface area (Å²) in [5, 5.41) is 0. The third kappa shape index (κ3) is 2.05. The molecular formula is C7H9F2N2S2+. The van der Waals surface area contributed by atoms with E-state index in [-0.39, 0.29) is 0 Å². The molecule has 1 heterocycles. The highest BCUT2D eigenvalue weighted by Gasteiger charge is 2.24. The molecule has 0 N–H and O–H groups in total. The van der Waals surface area contributed by atoms with Crippen LogP contribution < -0.4 is 4.57 Å². The van der Waals surface area contributed by atoms with Crippen molar-refractivity contribution < 1.29 is 13.3 Å². The van der Waals surface area contributed by atoms with Gasteiger partial charge in [-0.15, -0.1) is 11.8 Å². The number of hydrogen-bond acceptors (Lipinski definition) is 2. The summed E-state index contributed by atoms with van der Waals surface area (Å²) in [5.41, 5.74) is 0. The van der Waals surface area contributed by atoms with Gasteiger partial charge in [0.2, 0.25) is 0 Å². The van der Waals surface area contributed by atoms with Crippen LogP contribution in [0.5, 0.6) is 0 Å². The van der Waals surface area contributed by atoms with Gasteiger partial charge in [0.1, 0.15) is 12.4 Å². The van der Waals surface area contributed by atoms with Gasteiger partial charge in [0.05, 0.1) is 7.05 Å². The molecule has 2 nitrogen and oxygen atoms in total. The molecule has 0 spiro atoms. The topological polar surface area (TPSA) is 8.81 Å². The highest BCUT2D eigenvalue weighted by atomic mass is 32.2. The summed E-state index contributed by atoms with van der Waals surface area (Å²) >= 11 is 6.24. The highest BCUT2D eigenvalue weighted by molar-refractivity contribution is 8.23. The summed E-state index contributed by atoms with van der Waals surface area (Å²) in [6.45, 7) is -2.54. The zero-order valence-corrected chi connectivity index (χ0v) is 8.83. The fraction of sp³-hybridized carbons (Fsp3) is 0.429. The molecule has 0 atom stereocenters. The minimum Gasteiger partial charge on any atom is -0.231 e. The second-order valence-electron chi connectivity index (χ2n) is 2.41. The molecule has 0 amide bonds. The van der Waals surface area contributed by atoms with Crippen molar-refractivity contribution in [1.29, 1.82) is 0 Å². The van der Waals surface area contributed by atoms with Gasteiger partial charge >= 0.3 is 12.4 Å². The standard InChI is InChI=1S/C7H9F2N2S2/c1-10-3-4-11(7(8)9)5(10)6(12)13-2/h3-4,7H,1-2H3/q+1. The normalized spacial score (nSPS) is 10.8. The lowest BCUT2D eigenvalue weighted by Gasteiger charge is -1.99. The van der Waals surface area contributed by atoms with E-state index in [9.17, 15) is 8.78 Å². The molecular weight excluding hydrogens is 214 g/mol. The van der Waals surface area contributed by atoms with Crippen molar-refractivity contribution in [1.82, 2.24) is 4.57 Å². The van der Waals surface area contributed by atoms with E-state index in [4.69, 9.17) is 12.2 Å². The average Bonchev–Trinajstić information content (AvgIpc) is 2.46. The first-order chi connectivity index (χ1) is 6.07. The minimum atomic E-state index is -2.54. The van der Waals surface area contributed by atoms with Gasteiger partial charge in [-0.25, -0.2) is 4.57 Å². The number of thioether (sulfide) groups is 1. The Morgan fingerprint density at radius 2 is 2.31 bits per heavy atom. The van der Waals surface area contributed by atoms with Crippen LogP contribution in [-0.2, 0) is 7.05 Å². The van der Waals surface area contributed by atoms with Gasteiger partial charge in [-0.3, -0.25) is 0 Å². The number of alkyl halides is 2. The van der Waals surface area contributed by atoms with Crippen LogP contribution in [0.1, 0.15) is 12.4 Å². The van der Waals surface area contributed by atoms with Crippen LogP contribution in [0.3, 0.4) is 0 Å². The SMILES string of the molecule is CSC(=S)c1n(C(F)F)cc[n+]1C. The van der Waals surface area contributed by atoms with Crippen molar-refractivity contribution in [2.75, 3.05) is 6.26 Å². The maximum absolute atomic E-state index is 12.4. The first-order valence-corrected chi connectivity index (χ1v) is 5.14. The van der Waals surface area contributed by atoms with Crippen molar-refractivity contribution >= 4 is 28.2 Å². The monoisotopic (exact) mass is 223 g/mol. The molecule has 0 radical (unpaired) electrons. The van der Waals surface area contributed by atoms with E-state index in [1.54, 1.807) is 24.1 Å². The van der Waals surface area contributed by atoms with Crippen LogP contribution in [-0.4, -0.2) is 15.0 Å². The van der Waals surface area contributed by atoms with Gasteiger partial charge in [-0.1, -0.05) is 12.2 Å². The van der Waals surface area contributed by atoms with E-state index in [2.05, 4.69) is 0 Å². The summed E-state index contributed by atoms with van der Waals surface area (Å²) in [6, 6.07) is 0. The number of hydrogen-bond donors (Lipinski definition) is 0. The van der Waals surface area contributed by atoms with Crippen molar-refractivity contribution in [2.45, 2.75) is 6.55 Å². The zero-order chi connectivity index (χ0) is 10.0. The molecule has 72 valence electrons. The summed E-state index contributed by atoms with van der Waals surface area (Å²) in [7, 11) is 1.69. The quantitative estimate of drug-likeness (QED) is 0.558. The molecule has 1 rings (SSSR count). The molecule has 0 saturated carbocycles. The molecule has 1 aromatic heterocycles. The van der Waals surface area contributed by atoms with E-state index in [1.807, 2.05) is 0 Å². The summed E-state index contributed by atoms with van der Waals surface area (Å²) in [5.74, 6) is 0.373. The molecule has 0 bridgehead atoms. The predicted octanol–water partition coefficient (Wildman–Crippen LogP) is 1.75. The van der Waals surface area contributed by atoms with Gasteiger partial charge in [0.15, 0.2) is 4.20 Å². The Hall–Kier alpha value is -0.490. The lowest BCUT2D eigenvalue weighted by Crippen LogP contribution is -2.34. The van der Waals surface area contributed by atoms with E-state index in [0.717, 1.165) is 4.57 Å². The summed E-state index contributed by atoms with van der Waals surface area (Å²) in [4.78, 5) is 0. The maximum Gasteiger partial charge on any atom is 0.387 e. The van der Waals surface area contributed by atoms with Crippen LogP contribution in [0.4, 0.5) is 8.78 Å². The second-order valence-corrected chi connectivity index (χ2v) is 3.89. The van der Waals surface area contributed by atoms with E-state index >= 15 is 0 Å². The van der Waals surface area contributed by atoms with Crippen molar-refractivity contribution in [2.24, 2.45) is 7.05 Å². The summed E-state index contributed by atoms with van der Waals surface area (Å²) < 4.78 is 27.8. The number of aromatic nitrogens is 2. The molecule has 0 aliphatic heterocycles. The Morgan fingerprint density at radius 3 is 2.77 bits per heavy atom. The third-order valence-corrected chi connectivity index (χ3v) is 2.84.